The molecule has 2 N–H and O–H groups in total. The standard InChI is InChI=1S/C11H16Cl2N2O/c1-16-7-6-14-4-5-15-11-3-2-9(12)8-10(11)13/h2-3,8,14-15H,4-7H2,1H3. The first-order valence-corrected chi connectivity index (χ1v) is 5.88. The Morgan fingerprint density at radius 1 is 1.19 bits per heavy atom. The summed E-state index contributed by atoms with van der Waals surface area (Å²) < 4.78 is 4.92. The van der Waals surface area contributed by atoms with E-state index in [9.17, 15) is 0 Å². The second-order valence-electron chi connectivity index (χ2n) is 3.29. The minimum Gasteiger partial charge on any atom is -0.383 e. The summed E-state index contributed by atoms with van der Waals surface area (Å²) in [6, 6.07) is 5.41. The van der Waals surface area contributed by atoms with Crippen molar-refractivity contribution in [3.63, 3.8) is 0 Å². The van der Waals surface area contributed by atoms with Crippen molar-refractivity contribution in [3.05, 3.63) is 28.2 Å². The van der Waals surface area contributed by atoms with Gasteiger partial charge in [0.15, 0.2) is 0 Å². The summed E-state index contributed by atoms with van der Waals surface area (Å²) in [6.07, 6.45) is 0. The highest BCUT2D eigenvalue weighted by molar-refractivity contribution is 6.36. The van der Waals surface area contributed by atoms with Gasteiger partial charge in [0.25, 0.3) is 0 Å². The van der Waals surface area contributed by atoms with Gasteiger partial charge in [-0.05, 0) is 18.2 Å². The van der Waals surface area contributed by atoms with E-state index in [0.29, 0.717) is 10.0 Å². The van der Waals surface area contributed by atoms with Crippen LogP contribution in [-0.4, -0.2) is 33.4 Å². The topological polar surface area (TPSA) is 33.3 Å². The maximum Gasteiger partial charge on any atom is 0.0652 e. The van der Waals surface area contributed by atoms with Crippen LogP contribution in [0.25, 0.3) is 0 Å². The number of nitrogens with one attached hydrogen (secondary N) is 2. The minimum absolute atomic E-state index is 0.643. The molecule has 0 amide bonds. The van der Waals surface area contributed by atoms with Gasteiger partial charge in [0.05, 0.1) is 17.3 Å². The Balaban J connectivity index is 2.21. The number of hydrogen-bond acceptors (Lipinski definition) is 3. The fourth-order valence-corrected chi connectivity index (χ4v) is 1.69. The molecule has 0 aliphatic heterocycles. The van der Waals surface area contributed by atoms with Crippen molar-refractivity contribution in [3.8, 4) is 0 Å². The van der Waals surface area contributed by atoms with Gasteiger partial charge in [-0.3, -0.25) is 0 Å². The fourth-order valence-electron chi connectivity index (χ4n) is 1.22. The molecule has 0 aliphatic carbocycles. The summed E-state index contributed by atoms with van der Waals surface area (Å²) in [5.74, 6) is 0. The first kappa shape index (κ1) is 13.6. The van der Waals surface area contributed by atoms with E-state index in [4.69, 9.17) is 27.9 Å². The second-order valence-corrected chi connectivity index (χ2v) is 4.14. The first-order chi connectivity index (χ1) is 7.74. The van der Waals surface area contributed by atoms with E-state index in [2.05, 4.69) is 10.6 Å². The fraction of sp³-hybridized carbons (Fsp3) is 0.455. The van der Waals surface area contributed by atoms with Crippen LogP contribution in [0.3, 0.4) is 0 Å². The number of hydrogen-bond donors (Lipinski definition) is 2. The molecule has 0 saturated heterocycles. The maximum absolute atomic E-state index is 6.00. The Labute approximate surface area is 106 Å². The van der Waals surface area contributed by atoms with Crippen molar-refractivity contribution in [1.29, 1.82) is 0 Å². The zero-order chi connectivity index (χ0) is 11.8. The Morgan fingerprint density at radius 3 is 2.69 bits per heavy atom. The molecule has 0 heterocycles. The Kier molecular flexibility index (Phi) is 6.57. The predicted octanol–water partition coefficient (Wildman–Crippen LogP) is 2.64. The number of methoxy groups -OCH3 is 1. The predicted molar refractivity (Wildman–Crippen MR) is 69.7 cm³/mol. The zero-order valence-corrected chi connectivity index (χ0v) is 10.7. The van der Waals surface area contributed by atoms with Gasteiger partial charge in [-0.15, -0.1) is 0 Å². The van der Waals surface area contributed by atoms with E-state index < -0.39 is 0 Å². The van der Waals surface area contributed by atoms with E-state index in [-0.39, 0.29) is 0 Å². The number of rotatable bonds is 7. The number of ether oxygens (including phenoxy) is 1. The molecule has 0 aliphatic rings. The van der Waals surface area contributed by atoms with Crippen molar-refractivity contribution in [1.82, 2.24) is 5.32 Å². The van der Waals surface area contributed by atoms with Crippen LogP contribution in [0, 0.1) is 0 Å². The van der Waals surface area contributed by atoms with Gasteiger partial charge in [-0.25, -0.2) is 0 Å². The lowest BCUT2D eigenvalue weighted by molar-refractivity contribution is 0.200. The summed E-state index contributed by atoms with van der Waals surface area (Å²) in [4.78, 5) is 0. The molecule has 0 fully saturated rings. The normalized spacial score (nSPS) is 10.4. The number of benzene rings is 1. The van der Waals surface area contributed by atoms with E-state index in [0.717, 1.165) is 31.9 Å². The lowest BCUT2D eigenvalue weighted by Crippen LogP contribution is -2.25. The average Bonchev–Trinajstić information content (AvgIpc) is 2.26. The van der Waals surface area contributed by atoms with Crippen LogP contribution in [-0.2, 0) is 4.74 Å². The lowest BCUT2D eigenvalue weighted by atomic mass is 10.3. The molecule has 0 spiro atoms. The summed E-state index contributed by atoms with van der Waals surface area (Å²) in [5, 5.41) is 7.74. The van der Waals surface area contributed by atoms with Crippen molar-refractivity contribution in [2.75, 3.05) is 38.7 Å². The Hall–Kier alpha value is -0.480. The van der Waals surface area contributed by atoms with Crippen molar-refractivity contribution in [2.45, 2.75) is 0 Å². The summed E-state index contributed by atoms with van der Waals surface area (Å²) in [6.45, 7) is 3.25. The average molecular weight is 263 g/mol. The largest absolute Gasteiger partial charge is 0.383 e. The number of halogens is 2. The van der Waals surface area contributed by atoms with Crippen LogP contribution in [0.15, 0.2) is 18.2 Å². The van der Waals surface area contributed by atoms with Crippen molar-refractivity contribution >= 4 is 28.9 Å². The molecular weight excluding hydrogens is 247 g/mol. The van der Waals surface area contributed by atoms with Gasteiger partial charge in [-0.1, -0.05) is 23.2 Å². The molecule has 0 saturated carbocycles. The van der Waals surface area contributed by atoms with Crippen molar-refractivity contribution in [2.24, 2.45) is 0 Å². The zero-order valence-electron chi connectivity index (χ0n) is 9.22. The summed E-state index contributed by atoms with van der Waals surface area (Å²) >= 11 is 11.8. The first-order valence-electron chi connectivity index (χ1n) is 5.12. The highest BCUT2D eigenvalue weighted by atomic mass is 35.5. The van der Waals surface area contributed by atoms with Crippen LogP contribution in [0.5, 0.6) is 0 Å². The van der Waals surface area contributed by atoms with Crippen LogP contribution >= 0.6 is 23.2 Å². The van der Waals surface area contributed by atoms with E-state index in [1.807, 2.05) is 12.1 Å². The monoisotopic (exact) mass is 262 g/mol. The molecule has 0 atom stereocenters. The molecule has 0 radical (unpaired) electrons. The molecule has 0 unspecified atom stereocenters. The summed E-state index contributed by atoms with van der Waals surface area (Å²) in [5.41, 5.74) is 0.902. The van der Waals surface area contributed by atoms with Gasteiger partial charge >= 0.3 is 0 Å². The third-order valence-corrected chi connectivity index (χ3v) is 2.58. The molecular formula is C11H16Cl2N2O. The molecule has 3 nitrogen and oxygen atoms in total. The van der Waals surface area contributed by atoms with E-state index in [1.165, 1.54) is 0 Å². The Bertz CT molecular complexity index is 321. The Morgan fingerprint density at radius 2 is 2.00 bits per heavy atom. The molecule has 5 heteroatoms. The maximum atomic E-state index is 6.00. The SMILES string of the molecule is COCCNCCNc1ccc(Cl)cc1Cl. The van der Waals surface area contributed by atoms with Gasteiger partial charge in [0, 0.05) is 31.8 Å². The summed E-state index contributed by atoms with van der Waals surface area (Å²) in [7, 11) is 1.69. The third-order valence-electron chi connectivity index (χ3n) is 2.03. The van der Waals surface area contributed by atoms with E-state index >= 15 is 0 Å². The second kappa shape index (κ2) is 7.74. The van der Waals surface area contributed by atoms with Gasteiger partial charge < -0.3 is 15.4 Å². The minimum atomic E-state index is 0.643. The van der Waals surface area contributed by atoms with Crippen LogP contribution in [0.4, 0.5) is 5.69 Å². The van der Waals surface area contributed by atoms with Crippen molar-refractivity contribution < 1.29 is 4.74 Å². The third kappa shape index (κ3) is 5.03. The molecule has 1 aromatic carbocycles. The molecule has 90 valence electrons. The highest BCUT2D eigenvalue weighted by Crippen LogP contribution is 2.24. The quantitative estimate of drug-likeness (QED) is 0.742. The smallest absolute Gasteiger partial charge is 0.0652 e. The van der Waals surface area contributed by atoms with E-state index in [1.54, 1.807) is 13.2 Å². The molecule has 1 rings (SSSR count). The molecule has 16 heavy (non-hydrogen) atoms. The van der Waals surface area contributed by atoms with Gasteiger partial charge in [0.1, 0.15) is 0 Å². The molecule has 0 aromatic heterocycles. The molecule has 1 aromatic rings. The van der Waals surface area contributed by atoms with Crippen LogP contribution < -0.4 is 10.6 Å². The lowest BCUT2D eigenvalue weighted by Gasteiger charge is -2.09. The van der Waals surface area contributed by atoms with Crippen LogP contribution in [0.2, 0.25) is 10.0 Å². The highest BCUT2D eigenvalue weighted by Gasteiger charge is 1.99. The van der Waals surface area contributed by atoms with Gasteiger partial charge in [0.2, 0.25) is 0 Å². The van der Waals surface area contributed by atoms with Crippen LogP contribution in [0.1, 0.15) is 0 Å². The van der Waals surface area contributed by atoms with Gasteiger partial charge in [-0.2, -0.15) is 0 Å². The number of anilines is 1. The molecule has 0 bridgehead atoms.